The lowest BCUT2D eigenvalue weighted by atomic mass is 10.1. The van der Waals surface area contributed by atoms with Crippen LogP contribution in [0.4, 0.5) is 0 Å². The van der Waals surface area contributed by atoms with Crippen molar-refractivity contribution in [1.29, 1.82) is 0 Å². The Balaban J connectivity index is 4.58. The molecule has 0 heterocycles. The van der Waals surface area contributed by atoms with E-state index < -0.39 is 12.1 Å². The average molecular weight is 982 g/mol. The quantitative estimate of drug-likeness (QED) is 0.0262. The molecule has 400 valence electrons. The van der Waals surface area contributed by atoms with Crippen molar-refractivity contribution in [3.05, 3.63) is 134 Å². The molecule has 0 aromatic carbocycles. The molecular weight excluding hydrogens is 877 g/mol. The van der Waals surface area contributed by atoms with Gasteiger partial charge in [0.15, 0.2) is 6.10 Å². The minimum Gasteiger partial charge on any atom is -0.462 e. The number of carbonyl (C=O) groups excluding carboxylic acids is 3. The second kappa shape index (κ2) is 58.1. The first kappa shape index (κ1) is 66.6. The zero-order chi connectivity index (χ0) is 51.4. The predicted octanol–water partition coefficient (Wildman–Crippen LogP) is 19.4. The standard InChI is InChI=1S/C65H104O6/c1-4-7-10-13-16-19-22-25-28-31-32-35-38-41-44-47-50-53-56-59-65(68)71-62(60-69-63(66)57-54-51-48-45-42-39-36-33-29-26-23-20-17-14-11-8-5-2)61-70-64(67)58-55-52-49-46-43-40-37-34-30-27-24-21-18-15-12-9-6-3/h7,10,16-21,25-30,32,35-36,39,41,44,50,53,62H,4-6,8-9,11-15,22-24,31,33-34,37-38,40,42-43,45-49,51-52,54-61H2,1-3H3/b10-7-,19-16-,20-17-,21-18-,28-25-,29-26-,30-27-,35-32-,39-36-,44-41-,53-50-/t62-/m1/s1. The number of allylic oxidation sites excluding steroid dienone is 22. The van der Waals surface area contributed by atoms with Crippen LogP contribution < -0.4 is 0 Å². The van der Waals surface area contributed by atoms with E-state index in [-0.39, 0.29) is 31.6 Å². The van der Waals surface area contributed by atoms with Crippen LogP contribution >= 0.6 is 0 Å². The van der Waals surface area contributed by atoms with E-state index >= 15 is 0 Å². The summed E-state index contributed by atoms with van der Waals surface area (Å²) in [5.74, 6) is -1.04. The molecule has 6 nitrogen and oxygen atoms in total. The molecular formula is C65H104O6. The van der Waals surface area contributed by atoms with Gasteiger partial charge in [-0.25, -0.2) is 0 Å². The monoisotopic (exact) mass is 981 g/mol. The second-order valence-corrected chi connectivity index (χ2v) is 18.5. The lowest BCUT2D eigenvalue weighted by molar-refractivity contribution is -0.166. The van der Waals surface area contributed by atoms with Gasteiger partial charge >= 0.3 is 17.9 Å². The molecule has 0 N–H and O–H groups in total. The van der Waals surface area contributed by atoms with Crippen molar-refractivity contribution in [2.24, 2.45) is 0 Å². The van der Waals surface area contributed by atoms with Crippen LogP contribution in [0.5, 0.6) is 0 Å². The number of unbranched alkanes of at least 4 members (excludes halogenated alkanes) is 17. The topological polar surface area (TPSA) is 78.9 Å². The average Bonchev–Trinajstić information content (AvgIpc) is 3.37. The van der Waals surface area contributed by atoms with Gasteiger partial charge in [-0.05, 0) is 128 Å². The lowest BCUT2D eigenvalue weighted by Crippen LogP contribution is -2.30. The van der Waals surface area contributed by atoms with Crippen LogP contribution in [0.3, 0.4) is 0 Å². The third-order valence-electron chi connectivity index (χ3n) is 11.6. The number of esters is 3. The van der Waals surface area contributed by atoms with Crippen molar-refractivity contribution in [3.63, 3.8) is 0 Å². The summed E-state index contributed by atoms with van der Waals surface area (Å²) >= 11 is 0. The summed E-state index contributed by atoms with van der Waals surface area (Å²) in [5.41, 5.74) is 0. The largest absolute Gasteiger partial charge is 0.462 e. The number of hydrogen-bond acceptors (Lipinski definition) is 6. The van der Waals surface area contributed by atoms with Crippen LogP contribution in [0.15, 0.2) is 134 Å². The summed E-state index contributed by atoms with van der Waals surface area (Å²) < 4.78 is 16.8. The molecule has 0 saturated carbocycles. The third kappa shape index (κ3) is 56.3. The zero-order valence-corrected chi connectivity index (χ0v) is 45.7. The highest BCUT2D eigenvalue weighted by Gasteiger charge is 2.19. The molecule has 0 fully saturated rings. The highest BCUT2D eigenvalue weighted by atomic mass is 16.6. The van der Waals surface area contributed by atoms with E-state index in [1.807, 2.05) is 12.2 Å². The van der Waals surface area contributed by atoms with Gasteiger partial charge in [0.2, 0.25) is 0 Å². The highest BCUT2D eigenvalue weighted by Crippen LogP contribution is 2.13. The van der Waals surface area contributed by atoms with E-state index in [0.29, 0.717) is 19.3 Å². The van der Waals surface area contributed by atoms with Crippen molar-refractivity contribution in [2.45, 2.75) is 245 Å². The Hall–Kier alpha value is -4.45. The van der Waals surface area contributed by atoms with Gasteiger partial charge in [-0.3, -0.25) is 14.4 Å². The highest BCUT2D eigenvalue weighted by molar-refractivity contribution is 5.71. The number of ether oxygens (including phenoxy) is 3. The summed E-state index contributed by atoms with van der Waals surface area (Å²) in [5, 5.41) is 0. The van der Waals surface area contributed by atoms with Crippen molar-refractivity contribution in [1.82, 2.24) is 0 Å². The van der Waals surface area contributed by atoms with E-state index in [1.54, 1.807) is 0 Å². The first-order valence-corrected chi connectivity index (χ1v) is 28.7. The van der Waals surface area contributed by atoms with Crippen molar-refractivity contribution in [3.8, 4) is 0 Å². The van der Waals surface area contributed by atoms with E-state index in [4.69, 9.17) is 14.2 Å². The molecule has 0 aromatic heterocycles. The minimum atomic E-state index is -0.837. The van der Waals surface area contributed by atoms with Gasteiger partial charge in [0.1, 0.15) is 13.2 Å². The maximum Gasteiger partial charge on any atom is 0.306 e. The van der Waals surface area contributed by atoms with Crippen LogP contribution in [0.1, 0.15) is 239 Å². The molecule has 0 aliphatic carbocycles. The normalized spacial score (nSPS) is 13.1. The fraction of sp³-hybridized carbons (Fsp3) is 0.615. The summed E-state index contributed by atoms with van der Waals surface area (Å²) in [4.78, 5) is 38.1. The maximum atomic E-state index is 12.8. The van der Waals surface area contributed by atoms with Crippen LogP contribution in [0, 0.1) is 0 Å². The SMILES string of the molecule is CC/C=C\C/C=C\C/C=C\C/C=C\C/C=C\C/C=C\CCC(=O)O[C@H](COC(=O)CCCCCC/C=C\C/C=C\C/C=C\CCCCC)COC(=O)CCCCCCCCC/C=C\C/C=C\CCCCC. The van der Waals surface area contributed by atoms with E-state index in [2.05, 4.69) is 142 Å². The maximum absolute atomic E-state index is 12.8. The van der Waals surface area contributed by atoms with Crippen LogP contribution in [-0.2, 0) is 28.6 Å². The second-order valence-electron chi connectivity index (χ2n) is 18.5. The van der Waals surface area contributed by atoms with Crippen molar-refractivity contribution < 1.29 is 28.6 Å². The molecule has 0 radical (unpaired) electrons. The molecule has 0 aliphatic heterocycles. The lowest BCUT2D eigenvalue weighted by Gasteiger charge is -2.18. The Morgan fingerprint density at radius 3 is 0.915 bits per heavy atom. The van der Waals surface area contributed by atoms with Gasteiger partial charge in [0.25, 0.3) is 0 Å². The molecule has 0 amide bonds. The van der Waals surface area contributed by atoms with Crippen molar-refractivity contribution >= 4 is 17.9 Å². The summed E-state index contributed by atoms with van der Waals surface area (Å²) in [6, 6.07) is 0. The van der Waals surface area contributed by atoms with Crippen LogP contribution in [0.2, 0.25) is 0 Å². The van der Waals surface area contributed by atoms with E-state index in [9.17, 15) is 14.4 Å². The smallest absolute Gasteiger partial charge is 0.306 e. The minimum absolute atomic E-state index is 0.124. The Morgan fingerprint density at radius 2 is 0.577 bits per heavy atom. The zero-order valence-electron chi connectivity index (χ0n) is 45.7. The molecule has 0 aliphatic rings. The Bertz CT molecular complexity index is 1550. The Morgan fingerprint density at radius 1 is 0.296 bits per heavy atom. The summed E-state index contributed by atoms with van der Waals surface area (Å²) in [6.45, 7) is 6.38. The predicted molar refractivity (Wildman–Crippen MR) is 306 cm³/mol. The molecule has 0 aromatic rings. The first-order valence-electron chi connectivity index (χ1n) is 28.7. The molecule has 0 unspecified atom stereocenters. The van der Waals surface area contributed by atoms with Gasteiger partial charge in [0, 0.05) is 19.3 Å². The number of carbonyl (C=O) groups is 3. The van der Waals surface area contributed by atoms with Gasteiger partial charge < -0.3 is 14.2 Å². The van der Waals surface area contributed by atoms with Crippen LogP contribution in [-0.4, -0.2) is 37.2 Å². The van der Waals surface area contributed by atoms with Gasteiger partial charge in [0.05, 0.1) is 0 Å². The molecule has 1 atom stereocenters. The molecule has 0 rings (SSSR count). The number of rotatable bonds is 50. The molecule has 6 heteroatoms. The van der Waals surface area contributed by atoms with Gasteiger partial charge in [-0.2, -0.15) is 0 Å². The van der Waals surface area contributed by atoms with Gasteiger partial charge in [-0.15, -0.1) is 0 Å². The summed E-state index contributed by atoms with van der Waals surface area (Å²) in [6.07, 6.45) is 81.6. The fourth-order valence-corrected chi connectivity index (χ4v) is 7.33. The fourth-order valence-electron chi connectivity index (χ4n) is 7.33. The van der Waals surface area contributed by atoms with Crippen molar-refractivity contribution in [2.75, 3.05) is 13.2 Å². The Labute approximate surface area is 436 Å². The molecule has 0 bridgehead atoms. The molecule has 0 spiro atoms. The van der Waals surface area contributed by atoms with Crippen LogP contribution in [0.25, 0.3) is 0 Å². The molecule has 0 saturated heterocycles. The first-order chi connectivity index (χ1) is 35.0. The van der Waals surface area contributed by atoms with Gasteiger partial charge in [-0.1, -0.05) is 225 Å². The number of hydrogen-bond donors (Lipinski definition) is 0. The van der Waals surface area contributed by atoms with E-state index in [0.717, 1.165) is 116 Å². The summed E-state index contributed by atoms with van der Waals surface area (Å²) in [7, 11) is 0. The Kier molecular flexibility index (Phi) is 54.5. The van der Waals surface area contributed by atoms with E-state index in [1.165, 1.54) is 77.0 Å². The molecule has 71 heavy (non-hydrogen) atoms. The third-order valence-corrected chi connectivity index (χ3v) is 11.6.